The Labute approximate surface area is 77.5 Å². The highest BCUT2D eigenvalue weighted by Crippen LogP contribution is 2.23. The van der Waals surface area contributed by atoms with Crippen LogP contribution < -0.4 is 5.32 Å². The Morgan fingerprint density at radius 2 is 1.38 bits per heavy atom. The largest absolute Gasteiger partial charge is 0.288 e. The van der Waals surface area contributed by atoms with Gasteiger partial charge in [0, 0.05) is 11.1 Å². The maximum atomic E-state index is 11.0. The highest BCUT2D eigenvalue weighted by atomic mass is 16.2. The molecule has 1 fully saturated rings. The van der Waals surface area contributed by atoms with Gasteiger partial charge in [-0.3, -0.25) is 14.9 Å². The highest BCUT2D eigenvalue weighted by Gasteiger charge is 2.30. The van der Waals surface area contributed by atoms with Crippen LogP contribution in [0.3, 0.4) is 0 Å². The van der Waals surface area contributed by atoms with Gasteiger partial charge < -0.3 is 0 Å². The van der Waals surface area contributed by atoms with Crippen LogP contribution >= 0.6 is 0 Å². The first-order chi connectivity index (χ1) is 6.29. The van der Waals surface area contributed by atoms with Crippen LogP contribution in [0.15, 0.2) is 23.3 Å². The molecule has 0 unspecified atom stereocenters. The van der Waals surface area contributed by atoms with Gasteiger partial charge in [-0.2, -0.15) is 0 Å². The van der Waals surface area contributed by atoms with Crippen LogP contribution in [-0.4, -0.2) is 11.8 Å². The first kappa shape index (κ1) is 9.71. The summed E-state index contributed by atoms with van der Waals surface area (Å²) in [6, 6.07) is 0. The summed E-state index contributed by atoms with van der Waals surface area (Å²) in [6.45, 7) is 4.00. The maximum absolute atomic E-state index is 11.0. The number of rotatable bonds is 0. The second-order valence-corrected chi connectivity index (χ2v) is 2.60. The van der Waals surface area contributed by atoms with E-state index in [9.17, 15) is 9.59 Å². The van der Waals surface area contributed by atoms with Crippen LogP contribution in [0.5, 0.6) is 0 Å². The molecule has 70 valence electrons. The van der Waals surface area contributed by atoms with Crippen molar-refractivity contribution in [2.75, 3.05) is 0 Å². The smallest absolute Gasteiger partial charge is 0.258 e. The summed E-state index contributed by atoms with van der Waals surface area (Å²) in [5, 5.41) is 2.24. The van der Waals surface area contributed by atoms with Crippen LogP contribution in [0.4, 0.5) is 0 Å². The molecule has 2 amide bonds. The third kappa shape index (κ3) is 1.69. The average Bonchev–Trinajstić information content (AvgIpc) is 2.47. The Morgan fingerprint density at radius 1 is 1.00 bits per heavy atom. The summed E-state index contributed by atoms with van der Waals surface area (Å²) in [4.78, 5) is 22.0. The van der Waals surface area contributed by atoms with Crippen molar-refractivity contribution in [2.24, 2.45) is 0 Å². The van der Waals surface area contributed by atoms with E-state index in [1.54, 1.807) is 0 Å². The molecule has 3 nitrogen and oxygen atoms in total. The number of hydrogen-bond acceptors (Lipinski definition) is 2. The first-order valence-electron chi connectivity index (χ1n) is 4.55. The molecule has 1 aliphatic carbocycles. The molecule has 3 heteroatoms. The number of carbonyl (C=O) groups is 2. The van der Waals surface area contributed by atoms with Gasteiger partial charge >= 0.3 is 0 Å². The average molecular weight is 179 g/mol. The van der Waals surface area contributed by atoms with Crippen molar-refractivity contribution in [1.29, 1.82) is 0 Å². The molecule has 1 heterocycles. The van der Waals surface area contributed by atoms with Gasteiger partial charge in [-0.25, -0.2) is 0 Å². The minimum Gasteiger partial charge on any atom is -0.288 e. The van der Waals surface area contributed by atoms with Crippen LogP contribution in [0.25, 0.3) is 0 Å². The van der Waals surface area contributed by atoms with Crippen molar-refractivity contribution in [2.45, 2.75) is 26.7 Å². The Morgan fingerprint density at radius 3 is 1.77 bits per heavy atom. The molecular formula is C10H13NO2. The number of carbonyl (C=O) groups excluding carboxylic acids is 2. The van der Waals surface area contributed by atoms with E-state index in [2.05, 4.69) is 5.32 Å². The van der Waals surface area contributed by atoms with Gasteiger partial charge in [0.2, 0.25) is 0 Å². The molecule has 0 bridgehead atoms. The summed E-state index contributed by atoms with van der Waals surface area (Å²) >= 11 is 0. The van der Waals surface area contributed by atoms with Gasteiger partial charge in [-0.05, 0) is 12.8 Å². The number of hydrogen-bond donors (Lipinski definition) is 1. The number of amides is 2. The molecule has 0 aromatic rings. The van der Waals surface area contributed by atoms with Crippen molar-refractivity contribution in [1.82, 2.24) is 5.32 Å². The second-order valence-electron chi connectivity index (χ2n) is 2.60. The molecule has 13 heavy (non-hydrogen) atoms. The summed E-state index contributed by atoms with van der Waals surface area (Å²) in [5.41, 5.74) is 1.11. The standard InChI is InChI=1S/C8H7NO2.C2H6/c10-7-5-3-1-2-4-6(5)8(11)9-7;1-2/h3-4H,1-2H2,(H,9,10,11);1-2H3. The zero-order valence-electron chi connectivity index (χ0n) is 7.89. The van der Waals surface area contributed by atoms with Gasteiger partial charge in [0.25, 0.3) is 11.8 Å². The molecule has 0 spiro atoms. The molecule has 0 saturated carbocycles. The number of allylic oxidation sites excluding steroid dienone is 2. The lowest BCUT2D eigenvalue weighted by molar-refractivity contribution is -0.123. The van der Waals surface area contributed by atoms with E-state index in [-0.39, 0.29) is 11.8 Å². The van der Waals surface area contributed by atoms with Gasteiger partial charge in [-0.1, -0.05) is 26.0 Å². The second kappa shape index (κ2) is 4.03. The fourth-order valence-corrected chi connectivity index (χ4v) is 1.34. The fraction of sp³-hybridized carbons (Fsp3) is 0.400. The highest BCUT2D eigenvalue weighted by molar-refractivity contribution is 6.24. The first-order valence-corrected chi connectivity index (χ1v) is 4.55. The molecule has 2 rings (SSSR count). The van der Waals surface area contributed by atoms with Crippen molar-refractivity contribution in [3.05, 3.63) is 23.3 Å². The predicted molar refractivity (Wildman–Crippen MR) is 49.9 cm³/mol. The van der Waals surface area contributed by atoms with Gasteiger partial charge in [0.05, 0.1) is 0 Å². The van der Waals surface area contributed by atoms with Crippen LogP contribution in [0, 0.1) is 0 Å². The Kier molecular flexibility index (Phi) is 3.01. The minimum atomic E-state index is -0.249. The Balaban J connectivity index is 0.000000396. The molecule has 2 aliphatic rings. The van der Waals surface area contributed by atoms with Crippen molar-refractivity contribution < 1.29 is 9.59 Å². The van der Waals surface area contributed by atoms with Gasteiger partial charge in [0.15, 0.2) is 0 Å². The van der Waals surface area contributed by atoms with Gasteiger partial charge in [0.1, 0.15) is 0 Å². The van der Waals surface area contributed by atoms with Crippen LogP contribution in [-0.2, 0) is 9.59 Å². The van der Waals surface area contributed by atoms with E-state index in [1.165, 1.54) is 0 Å². The van der Waals surface area contributed by atoms with E-state index >= 15 is 0 Å². The zero-order valence-corrected chi connectivity index (χ0v) is 7.89. The van der Waals surface area contributed by atoms with Crippen LogP contribution in [0.2, 0.25) is 0 Å². The van der Waals surface area contributed by atoms with Gasteiger partial charge in [-0.15, -0.1) is 0 Å². The molecule has 0 aromatic heterocycles. The third-order valence-electron chi connectivity index (χ3n) is 1.87. The van der Waals surface area contributed by atoms with Crippen molar-refractivity contribution >= 4 is 11.8 Å². The SMILES string of the molecule is CC.O=C1NC(=O)C2=CCCC=C12. The summed E-state index contributed by atoms with van der Waals surface area (Å²) < 4.78 is 0. The molecule has 0 atom stereocenters. The van der Waals surface area contributed by atoms with E-state index in [4.69, 9.17) is 0 Å². The molecule has 0 radical (unpaired) electrons. The molecule has 1 aliphatic heterocycles. The molecular weight excluding hydrogens is 166 g/mol. The quantitative estimate of drug-likeness (QED) is 0.570. The Bertz CT molecular complexity index is 270. The summed E-state index contributed by atoms with van der Waals surface area (Å²) in [6.07, 6.45) is 5.35. The van der Waals surface area contributed by atoms with E-state index in [0.29, 0.717) is 11.1 Å². The lowest BCUT2D eigenvalue weighted by Gasteiger charge is -2.01. The molecule has 0 aromatic carbocycles. The topological polar surface area (TPSA) is 46.2 Å². The summed E-state index contributed by atoms with van der Waals surface area (Å²) in [7, 11) is 0. The fourth-order valence-electron chi connectivity index (χ4n) is 1.34. The van der Waals surface area contributed by atoms with Crippen molar-refractivity contribution in [3.8, 4) is 0 Å². The number of nitrogens with one attached hydrogen (secondary N) is 1. The zero-order chi connectivity index (χ0) is 9.84. The maximum Gasteiger partial charge on any atom is 0.258 e. The molecule has 1 N–H and O–H groups in total. The Hall–Kier alpha value is -1.38. The lowest BCUT2D eigenvalue weighted by Crippen LogP contribution is -2.19. The lowest BCUT2D eigenvalue weighted by atomic mass is 10.0. The number of fused-ring (bicyclic) bond motifs is 1. The van der Waals surface area contributed by atoms with E-state index < -0.39 is 0 Å². The monoisotopic (exact) mass is 179 g/mol. The third-order valence-corrected chi connectivity index (χ3v) is 1.87. The van der Waals surface area contributed by atoms with Crippen LogP contribution in [0.1, 0.15) is 26.7 Å². The molecule has 1 saturated heterocycles. The number of imide groups is 1. The van der Waals surface area contributed by atoms with Crippen molar-refractivity contribution in [3.63, 3.8) is 0 Å². The van der Waals surface area contributed by atoms with E-state index in [0.717, 1.165) is 12.8 Å². The minimum absolute atomic E-state index is 0.249. The van der Waals surface area contributed by atoms with E-state index in [1.807, 2.05) is 26.0 Å². The predicted octanol–water partition coefficient (Wildman–Crippen LogP) is 1.32. The summed E-state index contributed by atoms with van der Waals surface area (Å²) in [5.74, 6) is -0.498. The normalized spacial score (nSPS) is 19.2.